The molecule has 0 bridgehead atoms. The van der Waals surface area contributed by atoms with Gasteiger partial charge >= 0.3 is 0 Å². The number of carbonyl (C=O) groups is 1. The molecule has 0 spiro atoms. The molecular formula is C14H15F2NO3S. The van der Waals surface area contributed by atoms with Gasteiger partial charge in [-0.15, -0.1) is 0 Å². The van der Waals surface area contributed by atoms with Gasteiger partial charge in [0.05, 0.1) is 11.5 Å². The van der Waals surface area contributed by atoms with Crippen LogP contribution in [0.5, 0.6) is 0 Å². The molecule has 1 fully saturated rings. The van der Waals surface area contributed by atoms with E-state index in [1.165, 1.54) is 6.07 Å². The van der Waals surface area contributed by atoms with Gasteiger partial charge in [-0.05, 0) is 31.1 Å². The Kier molecular flexibility index (Phi) is 4.72. The second-order valence-corrected chi connectivity index (χ2v) is 7.16. The Morgan fingerprint density at radius 3 is 2.57 bits per heavy atom. The number of benzene rings is 1. The molecule has 0 saturated carbocycles. The van der Waals surface area contributed by atoms with Crippen LogP contribution in [0.25, 0.3) is 6.08 Å². The lowest BCUT2D eigenvalue weighted by Crippen LogP contribution is -2.42. The van der Waals surface area contributed by atoms with Crippen LogP contribution in [0.4, 0.5) is 8.78 Å². The Labute approximate surface area is 121 Å². The largest absolute Gasteiger partial charge is 0.349 e. The van der Waals surface area contributed by atoms with E-state index in [0.29, 0.717) is 12.8 Å². The van der Waals surface area contributed by atoms with Gasteiger partial charge in [0.25, 0.3) is 0 Å². The van der Waals surface area contributed by atoms with Crippen molar-refractivity contribution in [1.82, 2.24) is 5.32 Å². The topological polar surface area (TPSA) is 63.2 Å². The molecule has 7 heteroatoms. The van der Waals surface area contributed by atoms with Crippen LogP contribution < -0.4 is 5.32 Å². The van der Waals surface area contributed by atoms with Crippen LogP contribution in [-0.4, -0.2) is 31.9 Å². The van der Waals surface area contributed by atoms with E-state index in [9.17, 15) is 22.0 Å². The quantitative estimate of drug-likeness (QED) is 0.863. The van der Waals surface area contributed by atoms with E-state index in [0.717, 1.165) is 24.3 Å². The molecule has 21 heavy (non-hydrogen) atoms. The Bertz CT molecular complexity index is 651. The minimum absolute atomic E-state index is 0.0966. The van der Waals surface area contributed by atoms with Crippen molar-refractivity contribution in [3.63, 3.8) is 0 Å². The summed E-state index contributed by atoms with van der Waals surface area (Å²) in [5, 5.41) is 2.53. The van der Waals surface area contributed by atoms with Crippen LogP contribution in [-0.2, 0) is 14.6 Å². The lowest BCUT2D eigenvalue weighted by Gasteiger charge is -2.22. The second kappa shape index (κ2) is 6.34. The van der Waals surface area contributed by atoms with Crippen molar-refractivity contribution < 1.29 is 22.0 Å². The molecule has 1 N–H and O–H groups in total. The van der Waals surface area contributed by atoms with Gasteiger partial charge in [-0.2, -0.15) is 0 Å². The standard InChI is InChI=1S/C14H15F2NO3S/c15-12-4-1-5-13(16)11(12)6-7-14(18)17-10-3-2-8-21(19,20)9-10/h1,4-7,10H,2-3,8-9H2,(H,17,18)/b7-6+/t10-/m1/s1. The SMILES string of the molecule is O=C(/C=C/c1c(F)cccc1F)N[C@@H]1CCCS(=O)(=O)C1. The summed E-state index contributed by atoms with van der Waals surface area (Å²) < 4.78 is 49.6. The van der Waals surface area contributed by atoms with E-state index < -0.39 is 33.4 Å². The van der Waals surface area contributed by atoms with Gasteiger partial charge in [-0.1, -0.05) is 6.07 Å². The molecular weight excluding hydrogens is 300 g/mol. The average Bonchev–Trinajstić information content (AvgIpc) is 2.36. The van der Waals surface area contributed by atoms with Gasteiger partial charge < -0.3 is 5.32 Å². The predicted octanol–water partition coefficient (Wildman–Crippen LogP) is 1.67. The monoisotopic (exact) mass is 315 g/mol. The van der Waals surface area contributed by atoms with Gasteiger partial charge in [0.1, 0.15) is 11.6 Å². The number of rotatable bonds is 3. The molecule has 0 aromatic heterocycles. The van der Waals surface area contributed by atoms with Gasteiger partial charge in [0, 0.05) is 17.7 Å². The molecule has 4 nitrogen and oxygen atoms in total. The Morgan fingerprint density at radius 1 is 1.29 bits per heavy atom. The zero-order valence-corrected chi connectivity index (χ0v) is 12.0. The smallest absolute Gasteiger partial charge is 0.244 e. The number of hydrogen-bond donors (Lipinski definition) is 1. The number of carbonyl (C=O) groups excluding carboxylic acids is 1. The highest BCUT2D eigenvalue weighted by Crippen LogP contribution is 2.14. The van der Waals surface area contributed by atoms with Crippen molar-refractivity contribution in [2.75, 3.05) is 11.5 Å². The van der Waals surface area contributed by atoms with E-state index in [2.05, 4.69) is 5.32 Å². The van der Waals surface area contributed by atoms with Crippen LogP contribution in [0.1, 0.15) is 18.4 Å². The highest BCUT2D eigenvalue weighted by atomic mass is 32.2. The first kappa shape index (κ1) is 15.6. The first-order valence-corrected chi connectivity index (χ1v) is 8.32. The zero-order chi connectivity index (χ0) is 15.5. The Hall–Kier alpha value is -1.76. The summed E-state index contributed by atoms with van der Waals surface area (Å²) in [4.78, 5) is 11.7. The highest BCUT2D eigenvalue weighted by molar-refractivity contribution is 7.91. The molecule has 1 aliphatic rings. The van der Waals surface area contributed by atoms with Gasteiger partial charge in [0.2, 0.25) is 5.91 Å². The maximum atomic E-state index is 13.4. The Balaban J connectivity index is 2.00. The molecule has 1 amide bonds. The minimum Gasteiger partial charge on any atom is -0.349 e. The molecule has 0 radical (unpaired) electrons. The molecule has 1 aromatic carbocycles. The van der Waals surface area contributed by atoms with E-state index in [1.807, 2.05) is 0 Å². The Morgan fingerprint density at radius 2 is 1.95 bits per heavy atom. The molecule has 1 aliphatic heterocycles. The molecule has 0 unspecified atom stereocenters. The fourth-order valence-corrected chi connectivity index (χ4v) is 3.85. The maximum Gasteiger partial charge on any atom is 0.244 e. The van der Waals surface area contributed by atoms with Gasteiger partial charge in [-0.3, -0.25) is 4.79 Å². The summed E-state index contributed by atoms with van der Waals surface area (Å²) in [5.41, 5.74) is -0.302. The fourth-order valence-electron chi connectivity index (χ4n) is 2.21. The summed E-state index contributed by atoms with van der Waals surface area (Å²) in [6, 6.07) is 2.96. The highest BCUT2D eigenvalue weighted by Gasteiger charge is 2.25. The second-order valence-electron chi connectivity index (χ2n) is 4.93. The minimum atomic E-state index is -3.12. The van der Waals surface area contributed by atoms with Crippen molar-refractivity contribution in [3.8, 4) is 0 Å². The molecule has 1 aromatic rings. The average molecular weight is 315 g/mol. The van der Waals surface area contributed by atoms with Crippen molar-refractivity contribution in [2.45, 2.75) is 18.9 Å². The summed E-state index contributed by atoms with van der Waals surface area (Å²) in [6.45, 7) is 0. The van der Waals surface area contributed by atoms with Crippen LogP contribution in [0, 0.1) is 11.6 Å². The molecule has 1 saturated heterocycles. The molecule has 114 valence electrons. The van der Waals surface area contributed by atoms with Crippen LogP contribution in [0.3, 0.4) is 0 Å². The van der Waals surface area contributed by atoms with Crippen molar-refractivity contribution in [3.05, 3.63) is 41.5 Å². The van der Waals surface area contributed by atoms with Gasteiger partial charge in [-0.25, -0.2) is 17.2 Å². The van der Waals surface area contributed by atoms with Crippen LogP contribution in [0.2, 0.25) is 0 Å². The predicted molar refractivity (Wildman–Crippen MR) is 75.2 cm³/mol. The summed E-state index contributed by atoms with van der Waals surface area (Å²) in [7, 11) is -3.12. The van der Waals surface area contributed by atoms with Crippen LogP contribution >= 0.6 is 0 Å². The fraction of sp³-hybridized carbons (Fsp3) is 0.357. The number of halogens is 2. The van der Waals surface area contributed by atoms with Crippen molar-refractivity contribution in [2.24, 2.45) is 0 Å². The third-order valence-electron chi connectivity index (χ3n) is 3.21. The third kappa shape index (κ3) is 4.35. The van der Waals surface area contributed by atoms with Crippen LogP contribution in [0.15, 0.2) is 24.3 Å². The molecule has 1 heterocycles. The van der Waals surface area contributed by atoms with Gasteiger partial charge in [0.15, 0.2) is 9.84 Å². The van der Waals surface area contributed by atoms with E-state index in [4.69, 9.17) is 0 Å². The summed E-state index contributed by atoms with van der Waals surface area (Å²) in [6.07, 6.45) is 3.12. The first-order chi connectivity index (χ1) is 9.87. The summed E-state index contributed by atoms with van der Waals surface area (Å²) >= 11 is 0. The zero-order valence-electron chi connectivity index (χ0n) is 11.2. The lowest BCUT2D eigenvalue weighted by atomic mass is 10.1. The number of amides is 1. The first-order valence-electron chi connectivity index (χ1n) is 6.50. The van der Waals surface area contributed by atoms with Crippen molar-refractivity contribution >= 4 is 21.8 Å². The normalized spacial score (nSPS) is 21.3. The number of hydrogen-bond acceptors (Lipinski definition) is 3. The summed E-state index contributed by atoms with van der Waals surface area (Å²) in [5.74, 6) is -2.06. The number of nitrogens with one attached hydrogen (secondary N) is 1. The molecule has 2 rings (SSSR count). The van der Waals surface area contributed by atoms with Crippen molar-refractivity contribution in [1.29, 1.82) is 0 Å². The molecule has 0 aliphatic carbocycles. The lowest BCUT2D eigenvalue weighted by molar-refractivity contribution is -0.117. The van der Waals surface area contributed by atoms with E-state index >= 15 is 0 Å². The number of sulfone groups is 1. The van der Waals surface area contributed by atoms with E-state index in [-0.39, 0.29) is 17.1 Å². The molecule has 1 atom stereocenters. The van der Waals surface area contributed by atoms with E-state index in [1.54, 1.807) is 0 Å². The third-order valence-corrected chi connectivity index (χ3v) is 5.03. The maximum absolute atomic E-state index is 13.4.